The Morgan fingerprint density at radius 1 is 1.06 bits per heavy atom. The number of rotatable bonds is 7. The smallest absolute Gasteiger partial charge is 0.341 e. The number of hydrazone groups is 1. The lowest BCUT2D eigenvalue weighted by molar-refractivity contribution is -0.136. The van der Waals surface area contributed by atoms with E-state index >= 15 is 0 Å². The van der Waals surface area contributed by atoms with Crippen LogP contribution in [0.5, 0.6) is 5.75 Å². The molecule has 9 heteroatoms. The summed E-state index contributed by atoms with van der Waals surface area (Å²) in [7, 11) is 1.29. The van der Waals surface area contributed by atoms with Gasteiger partial charge >= 0.3 is 17.8 Å². The van der Waals surface area contributed by atoms with Crippen molar-refractivity contribution in [3.63, 3.8) is 0 Å². The van der Waals surface area contributed by atoms with E-state index in [0.717, 1.165) is 35.3 Å². The molecule has 1 aliphatic rings. The number of nitrogens with zero attached hydrogens (tertiary/aromatic N) is 1. The molecule has 0 atom stereocenters. The van der Waals surface area contributed by atoms with Gasteiger partial charge in [0.05, 0.1) is 18.9 Å². The Hall–Kier alpha value is -3.98. The normalized spacial score (nSPS) is 12.3. The molecular weight excluding hydrogens is 454 g/mol. The van der Waals surface area contributed by atoms with Gasteiger partial charge in [-0.2, -0.15) is 5.10 Å². The summed E-state index contributed by atoms with van der Waals surface area (Å²) in [6.07, 6.45) is 3.95. The van der Waals surface area contributed by atoms with Crippen LogP contribution in [-0.2, 0) is 33.8 Å². The van der Waals surface area contributed by atoms with Gasteiger partial charge in [-0.25, -0.2) is 10.2 Å². The fourth-order valence-corrected chi connectivity index (χ4v) is 4.88. The van der Waals surface area contributed by atoms with Crippen LogP contribution in [0.3, 0.4) is 0 Å². The maximum atomic E-state index is 12.4. The molecule has 0 saturated heterocycles. The van der Waals surface area contributed by atoms with E-state index in [-0.39, 0.29) is 0 Å². The second-order valence-electron chi connectivity index (χ2n) is 7.55. The highest BCUT2D eigenvalue weighted by Gasteiger charge is 2.29. The number of fused-ring (bicyclic) bond motifs is 1. The van der Waals surface area contributed by atoms with Gasteiger partial charge < -0.3 is 14.8 Å². The van der Waals surface area contributed by atoms with Crippen molar-refractivity contribution in [3.05, 3.63) is 81.7 Å². The number of hydrogen-bond donors (Lipinski definition) is 2. The number of benzene rings is 2. The Bertz CT molecular complexity index is 1240. The lowest BCUT2D eigenvalue weighted by Gasteiger charge is -2.07. The van der Waals surface area contributed by atoms with Crippen molar-refractivity contribution in [2.24, 2.45) is 5.10 Å². The monoisotopic (exact) mass is 477 g/mol. The summed E-state index contributed by atoms with van der Waals surface area (Å²) in [6.45, 7) is 0.429. The molecule has 0 aliphatic heterocycles. The Balaban J connectivity index is 1.34. The third kappa shape index (κ3) is 5.49. The number of aryl methyl sites for hydroxylation is 1. The zero-order chi connectivity index (χ0) is 23.9. The number of amides is 2. The van der Waals surface area contributed by atoms with Crippen LogP contribution in [-0.4, -0.2) is 31.1 Å². The molecule has 0 saturated carbocycles. The van der Waals surface area contributed by atoms with Crippen molar-refractivity contribution >= 4 is 40.3 Å². The third-order valence-electron chi connectivity index (χ3n) is 5.23. The van der Waals surface area contributed by atoms with Crippen LogP contribution in [0.4, 0.5) is 5.00 Å². The van der Waals surface area contributed by atoms with E-state index < -0.39 is 17.8 Å². The van der Waals surface area contributed by atoms with Crippen LogP contribution in [0, 0.1) is 0 Å². The second-order valence-corrected chi connectivity index (χ2v) is 8.66. The lowest BCUT2D eigenvalue weighted by Crippen LogP contribution is -2.32. The Morgan fingerprint density at radius 3 is 2.68 bits per heavy atom. The summed E-state index contributed by atoms with van der Waals surface area (Å²) in [4.78, 5) is 37.8. The molecule has 4 rings (SSSR count). The molecule has 2 N–H and O–H groups in total. The van der Waals surface area contributed by atoms with Gasteiger partial charge in [0.1, 0.15) is 17.4 Å². The van der Waals surface area contributed by atoms with Gasteiger partial charge in [0, 0.05) is 4.88 Å². The molecule has 8 nitrogen and oxygen atoms in total. The molecular formula is C25H23N3O5S. The average molecular weight is 478 g/mol. The minimum atomic E-state index is -0.947. The molecule has 34 heavy (non-hydrogen) atoms. The first-order valence-corrected chi connectivity index (χ1v) is 11.5. The number of esters is 1. The molecule has 0 bridgehead atoms. The van der Waals surface area contributed by atoms with E-state index in [1.165, 1.54) is 24.7 Å². The van der Waals surface area contributed by atoms with Gasteiger partial charge in [-0.15, -0.1) is 11.3 Å². The zero-order valence-corrected chi connectivity index (χ0v) is 19.3. The maximum absolute atomic E-state index is 12.4. The van der Waals surface area contributed by atoms with E-state index in [4.69, 9.17) is 9.47 Å². The van der Waals surface area contributed by atoms with Crippen LogP contribution in [0.25, 0.3) is 0 Å². The quantitative estimate of drug-likeness (QED) is 0.234. The minimum absolute atomic E-state index is 0.323. The van der Waals surface area contributed by atoms with E-state index in [9.17, 15) is 14.4 Å². The molecule has 174 valence electrons. The van der Waals surface area contributed by atoms with Crippen LogP contribution in [0.15, 0.2) is 59.7 Å². The number of thiophene rings is 1. The number of carbonyl (C=O) groups excluding carboxylic acids is 3. The number of hydrogen-bond acceptors (Lipinski definition) is 7. The first-order valence-electron chi connectivity index (χ1n) is 10.7. The molecule has 0 fully saturated rings. The van der Waals surface area contributed by atoms with Gasteiger partial charge in [-0.05, 0) is 48.1 Å². The summed E-state index contributed by atoms with van der Waals surface area (Å²) in [5, 5.41) is 6.70. The predicted octanol–water partition coefficient (Wildman–Crippen LogP) is 3.69. The highest BCUT2D eigenvalue weighted by Crippen LogP contribution is 2.39. The van der Waals surface area contributed by atoms with Crippen molar-refractivity contribution in [1.29, 1.82) is 0 Å². The molecule has 3 aromatic rings. The number of ether oxygens (including phenoxy) is 2. The molecule has 1 aromatic heterocycles. The molecule has 2 amide bonds. The highest BCUT2D eigenvalue weighted by molar-refractivity contribution is 7.17. The second kappa shape index (κ2) is 10.8. The van der Waals surface area contributed by atoms with Crippen molar-refractivity contribution in [1.82, 2.24) is 5.43 Å². The summed E-state index contributed by atoms with van der Waals surface area (Å²) in [5.41, 5.74) is 5.16. The number of methoxy groups -OCH3 is 1. The van der Waals surface area contributed by atoms with Crippen molar-refractivity contribution in [3.8, 4) is 5.75 Å². The van der Waals surface area contributed by atoms with Crippen molar-refractivity contribution in [2.45, 2.75) is 25.9 Å². The third-order valence-corrected chi connectivity index (χ3v) is 6.44. The first-order chi connectivity index (χ1) is 16.5. The predicted molar refractivity (Wildman–Crippen MR) is 129 cm³/mol. The SMILES string of the molecule is COC(=O)c1c(NC(=O)C(=O)N/N=C/c2cccc(OCc3ccccc3)c2)sc2c1CCC2. The first kappa shape index (κ1) is 23.2. The van der Waals surface area contributed by atoms with Gasteiger partial charge in [0.2, 0.25) is 0 Å². The van der Waals surface area contributed by atoms with Gasteiger partial charge in [-0.3, -0.25) is 9.59 Å². The molecule has 0 spiro atoms. The fraction of sp³-hybridized carbons (Fsp3) is 0.200. The standard InChI is InChI=1S/C25H23N3O5S/c1-32-25(31)21-19-11-6-12-20(19)34-24(21)27-22(29)23(30)28-26-14-17-9-5-10-18(13-17)33-15-16-7-3-2-4-8-16/h2-5,7-10,13-14H,6,11-12,15H2,1H3,(H,27,29)(H,28,30)/b26-14+. The molecule has 0 unspecified atom stereocenters. The molecule has 1 heterocycles. The van der Waals surface area contributed by atoms with E-state index in [0.29, 0.717) is 28.5 Å². The Kier molecular flexibility index (Phi) is 7.34. The summed E-state index contributed by atoms with van der Waals surface area (Å²) < 4.78 is 10.6. The number of nitrogens with one attached hydrogen (secondary N) is 2. The molecule has 1 aliphatic carbocycles. The zero-order valence-electron chi connectivity index (χ0n) is 18.5. The van der Waals surface area contributed by atoms with Gasteiger partial charge in [0.25, 0.3) is 0 Å². The van der Waals surface area contributed by atoms with E-state index in [2.05, 4.69) is 15.8 Å². The molecule has 2 aromatic carbocycles. The maximum Gasteiger partial charge on any atom is 0.341 e. The van der Waals surface area contributed by atoms with Gasteiger partial charge in [-0.1, -0.05) is 42.5 Å². The van der Waals surface area contributed by atoms with E-state index in [1.54, 1.807) is 18.2 Å². The van der Waals surface area contributed by atoms with Crippen molar-refractivity contribution < 1.29 is 23.9 Å². The Labute approximate surface area is 200 Å². The van der Waals surface area contributed by atoms with Crippen LogP contribution in [0.1, 0.15) is 38.3 Å². The minimum Gasteiger partial charge on any atom is -0.489 e. The van der Waals surface area contributed by atoms with Crippen molar-refractivity contribution in [2.75, 3.05) is 12.4 Å². The van der Waals surface area contributed by atoms with Gasteiger partial charge in [0.15, 0.2) is 0 Å². The lowest BCUT2D eigenvalue weighted by atomic mass is 10.1. The summed E-state index contributed by atoms with van der Waals surface area (Å²) >= 11 is 1.30. The largest absolute Gasteiger partial charge is 0.489 e. The summed E-state index contributed by atoms with van der Waals surface area (Å²) in [5.74, 6) is -1.74. The fourth-order valence-electron chi connectivity index (χ4n) is 3.61. The van der Waals surface area contributed by atoms with E-state index in [1.807, 2.05) is 36.4 Å². The highest BCUT2D eigenvalue weighted by atomic mass is 32.1. The molecule has 0 radical (unpaired) electrons. The topological polar surface area (TPSA) is 106 Å². The average Bonchev–Trinajstić information content (AvgIpc) is 3.44. The van der Waals surface area contributed by atoms with Crippen LogP contribution >= 0.6 is 11.3 Å². The van der Waals surface area contributed by atoms with Crippen LogP contribution < -0.4 is 15.5 Å². The Morgan fingerprint density at radius 2 is 1.88 bits per heavy atom. The summed E-state index contributed by atoms with van der Waals surface area (Å²) in [6, 6.07) is 17.0. The number of anilines is 1. The van der Waals surface area contributed by atoms with Crippen LogP contribution in [0.2, 0.25) is 0 Å². The number of carbonyl (C=O) groups is 3.